The van der Waals surface area contributed by atoms with E-state index in [2.05, 4.69) is 34.4 Å². The first-order chi connectivity index (χ1) is 6.95. The summed E-state index contributed by atoms with van der Waals surface area (Å²) in [4.78, 5) is 1.89. The number of hydrogen-bond donors (Lipinski definition) is 0. The monoisotopic (exact) mass is 185 g/mol. The number of hydrogen-bond acceptors (Lipinski definition) is 2. The van der Waals surface area contributed by atoms with Crippen LogP contribution in [0.2, 0.25) is 0 Å². The molecule has 2 heterocycles. The lowest BCUT2D eigenvalue weighted by molar-refractivity contribution is 0.636. The number of rotatable bonds is 1. The highest BCUT2D eigenvalue weighted by molar-refractivity contribution is 5.57. The first-order valence-electron chi connectivity index (χ1n) is 4.80. The van der Waals surface area contributed by atoms with Gasteiger partial charge in [0.2, 0.25) is 0 Å². The van der Waals surface area contributed by atoms with Gasteiger partial charge in [0.15, 0.2) is 0 Å². The number of nitrogens with zero attached hydrogens (tertiary/aromatic N) is 3. The summed E-state index contributed by atoms with van der Waals surface area (Å²) in [5.41, 5.74) is 2.68. The van der Waals surface area contributed by atoms with Gasteiger partial charge in [-0.2, -0.15) is 9.89 Å². The van der Waals surface area contributed by atoms with E-state index in [9.17, 15) is 0 Å². The summed E-state index contributed by atoms with van der Waals surface area (Å²) in [5.74, 6) is 0. The van der Waals surface area contributed by atoms with Gasteiger partial charge in [0, 0.05) is 12.7 Å². The molecule has 0 saturated carbocycles. The molecule has 1 aromatic heterocycles. The third-order valence-electron chi connectivity index (χ3n) is 2.60. The van der Waals surface area contributed by atoms with Crippen LogP contribution in [0.4, 0.5) is 5.69 Å². The zero-order valence-electron chi connectivity index (χ0n) is 7.80. The van der Waals surface area contributed by atoms with Gasteiger partial charge in [-0.25, -0.2) is 0 Å². The maximum Gasteiger partial charge on any atom is 0.0626 e. The average Bonchev–Trinajstić information content (AvgIpc) is 2.85. The van der Waals surface area contributed by atoms with Crippen molar-refractivity contribution >= 4 is 5.69 Å². The highest BCUT2D eigenvalue weighted by atomic mass is 15.7. The van der Waals surface area contributed by atoms with Crippen LogP contribution in [0.1, 0.15) is 5.56 Å². The lowest BCUT2D eigenvalue weighted by Gasteiger charge is -2.18. The molecule has 2 aromatic rings. The van der Waals surface area contributed by atoms with Crippen LogP contribution in [-0.4, -0.2) is 16.4 Å². The molecule has 0 amide bonds. The van der Waals surface area contributed by atoms with E-state index in [4.69, 9.17) is 0 Å². The Kier molecular flexibility index (Phi) is 1.56. The molecule has 1 aromatic carbocycles. The maximum absolute atomic E-state index is 4.24. The zero-order valence-corrected chi connectivity index (χ0v) is 7.80. The highest BCUT2D eigenvalue weighted by Gasteiger charge is 2.19. The van der Waals surface area contributed by atoms with Crippen molar-refractivity contribution in [3.8, 4) is 0 Å². The molecule has 0 atom stereocenters. The summed E-state index contributed by atoms with van der Waals surface area (Å²) < 4.78 is 0. The molecule has 1 aliphatic heterocycles. The Morgan fingerprint density at radius 3 is 2.93 bits per heavy atom. The van der Waals surface area contributed by atoms with Crippen LogP contribution in [0.15, 0.2) is 42.7 Å². The minimum Gasteiger partial charge on any atom is -0.265 e. The Labute approximate surface area is 82.5 Å². The van der Waals surface area contributed by atoms with Crippen LogP contribution >= 0.6 is 0 Å². The van der Waals surface area contributed by atoms with E-state index >= 15 is 0 Å². The first kappa shape index (κ1) is 7.62. The van der Waals surface area contributed by atoms with Crippen LogP contribution in [0.3, 0.4) is 0 Å². The van der Waals surface area contributed by atoms with Gasteiger partial charge >= 0.3 is 0 Å². The molecule has 0 unspecified atom stereocenters. The van der Waals surface area contributed by atoms with Crippen LogP contribution in [0.25, 0.3) is 0 Å². The Morgan fingerprint density at radius 2 is 2.07 bits per heavy atom. The van der Waals surface area contributed by atoms with E-state index in [-0.39, 0.29) is 0 Å². The second kappa shape index (κ2) is 2.87. The lowest BCUT2D eigenvalue weighted by atomic mass is 10.2. The molecule has 0 saturated heterocycles. The molecule has 70 valence electrons. The fourth-order valence-electron chi connectivity index (χ4n) is 1.94. The van der Waals surface area contributed by atoms with Gasteiger partial charge in [0.05, 0.1) is 11.9 Å². The predicted molar refractivity (Wildman–Crippen MR) is 55.1 cm³/mol. The smallest absolute Gasteiger partial charge is 0.0626 e. The minimum absolute atomic E-state index is 1.01. The van der Waals surface area contributed by atoms with E-state index in [1.807, 2.05) is 17.1 Å². The molecule has 1 aliphatic rings. The van der Waals surface area contributed by atoms with E-state index in [0.717, 1.165) is 13.0 Å². The Hall–Kier alpha value is -1.77. The molecule has 3 rings (SSSR count). The average molecular weight is 185 g/mol. The number of anilines is 1. The fraction of sp³-hybridized carbons (Fsp3) is 0.182. The molecular formula is C11H11N3. The molecule has 0 bridgehead atoms. The van der Waals surface area contributed by atoms with Crippen LogP contribution in [0, 0.1) is 0 Å². The van der Waals surface area contributed by atoms with Gasteiger partial charge in [0.1, 0.15) is 0 Å². The quantitative estimate of drug-likeness (QED) is 0.674. The molecule has 0 radical (unpaired) electrons. The van der Waals surface area contributed by atoms with Crippen molar-refractivity contribution in [2.45, 2.75) is 6.42 Å². The number of fused-ring (bicyclic) bond motifs is 1. The molecule has 0 spiro atoms. The van der Waals surface area contributed by atoms with E-state index in [1.54, 1.807) is 6.20 Å². The van der Waals surface area contributed by atoms with Crippen LogP contribution in [0.5, 0.6) is 0 Å². The van der Waals surface area contributed by atoms with Crippen molar-refractivity contribution in [3.63, 3.8) is 0 Å². The van der Waals surface area contributed by atoms with E-state index in [0.29, 0.717) is 0 Å². The molecule has 0 N–H and O–H groups in total. The van der Waals surface area contributed by atoms with Gasteiger partial charge in [-0.1, -0.05) is 18.2 Å². The summed E-state index contributed by atoms with van der Waals surface area (Å²) in [6, 6.07) is 10.4. The van der Waals surface area contributed by atoms with Gasteiger partial charge in [-0.05, 0) is 24.1 Å². The van der Waals surface area contributed by atoms with Crippen LogP contribution in [-0.2, 0) is 6.42 Å². The van der Waals surface area contributed by atoms with Gasteiger partial charge in [-0.15, -0.1) is 0 Å². The summed E-state index contributed by atoms with van der Waals surface area (Å²) in [6.45, 7) is 1.01. The largest absolute Gasteiger partial charge is 0.265 e. The normalized spacial score (nSPS) is 14.4. The van der Waals surface area contributed by atoms with E-state index < -0.39 is 0 Å². The topological polar surface area (TPSA) is 21.1 Å². The highest BCUT2D eigenvalue weighted by Crippen LogP contribution is 2.27. The Bertz CT molecular complexity index is 434. The van der Waals surface area contributed by atoms with Crippen molar-refractivity contribution in [1.29, 1.82) is 0 Å². The summed E-state index contributed by atoms with van der Waals surface area (Å²) in [7, 11) is 0. The van der Waals surface area contributed by atoms with Crippen molar-refractivity contribution in [2.24, 2.45) is 0 Å². The van der Waals surface area contributed by atoms with Crippen molar-refractivity contribution in [2.75, 3.05) is 11.6 Å². The number of para-hydroxylation sites is 1. The predicted octanol–water partition coefficient (Wildman–Crippen LogP) is 1.71. The zero-order chi connectivity index (χ0) is 9.38. The van der Waals surface area contributed by atoms with Crippen LogP contribution < -0.4 is 5.01 Å². The second-order valence-corrected chi connectivity index (χ2v) is 3.43. The molecule has 0 fully saturated rings. The standard InChI is InChI=1S/C11H11N3/c1-2-5-11-10(4-1)6-9-13(11)14-8-3-7-12-14/h1-5,7-8H,6,9H2. The number of benzene rings is 1. The third kappa shape index (κ3) is 1.02. The molecule has 3 heteroatoms. The minimum atomic E-state index is 1.01. The summed E-state index contributed by atoms with van der Waals surface area (Å²) in [6.07, 6.45) is 4.89. The van der Waals surface area contributed by atoms with Gasteiger partial charge in [-0.3, -0.25) is 5.01 Å². The maximum atomic E-state index is 4.24. The molecular weight excluding hydrogens is 174 g/mol. The Morgan fingerprint density at radius 1 is 1.14 bits per heavy atom. The Balaban J connectivity index is 2.06. The molecule has 0 aliphatic carbocycles. The summed E-state index contributed by atoms with van der Waals surface area (Å²) >= 11 is 0. The van der Waals surface area contributed by atoms with Crippen molar-refractivity contribution in [3.05, 3.63) is 48.3 Å². The summed E-state index contributed by atoms with van der Waals surface area (Å²) in [5, 5.41) is 6.43. The molecule has 3 nitrogen and oxygen atoms in total. The van der Waals surface area contributed by atoms with Crippen molar-refractivity contribution < 1.29 is 0 Å². The SMILES string of the molecule is c1ccc2c(c1)CCN2n1cccn1. The van der Waals surface area contributed by atoms with Gasteiger partial charge < -0.3 is 0 Å². The first-order valence-corrected chi connectivity index (χ1v) is 4.80. The molecule has 14 heavy (non-hydrogen) atoms. The third-order valence-corrected chi connectivity index (χ3v) is 2.60. The fourth-order valence-corrected chi connectivity index (χ4v) is 1.94. The van der Waals surface area contributed by atoms with Crippen molar-refractivity contribution in [1.82, 2.24) is 9.89 Å². The van der Waals surface area contributed by atoms with Gasteiger partial charge in [0.25, 0.3) is 0 Å². The second-order valence-electron chi connectivity index (χ2n) is 3.43. The number of aromatic nitrogens is 2. The lowest BCUT2D eigenvalue weighted by Crippen LogP contribution is -2.27. The van der Waals surface area contributed by atoms with E-state index in [1.165, 1.54) is 11.3 Å².